The summed E-state index contributed by atoms with van der Waals surface area (Å²) in [7, 11) is 1.79. The third-order valence-corrected chi connectivity index (χ3v) is 5.22. The number of carbonyl (C=O) groups is 2. The van der Waals surface area contributed by atoms with E-state index in [1.54, 1.807) is 28.6 Å². The topological polar surface area (TPSA) is 60.9 Å². The number of likely N-dealkylation sites (tertiary alicyclic amines) is 1. The van der Waals surface area contributed by atoms with Crippen molar-refractivity contribution in [2.24, 2.45) is 5.92 Å². The second-order valence-electron chi connectivity index (χ2n) is 5.76. The summed E-state index contributed by atoms with van der Waals surface area (Å²) in [5, 5.41) is 9.44. The van der Waals surface area contributed by atoms with Gasteiger partial charge in [-0.3, -0.25) is 0 Å². The van der Waals surface area contributed by atoms with E-state index in [-0.39, 0.29) is 12.1 Å². The molecule has 0 aromatic rings. The van der Waals surface area contributed by atoms with Crippen LogP contribution in [0.2, 0.25) is 0 Å². The molecule has 122 valence electrons. The van der Waals surface area contributed by atoms with E-state index in [1.165, 1.54) is 0 Å². The van der Waals surface area contributed by atoms with Crippen LogP contribution in [0.25, 0.3) is 0 Å². The van der Waals surface area contributed by atoms with Gasteiger partial charge < -0.3 is 14.9 Å². The molecule has 3 unspecified atom stereocenters. The number of thioether (sulfide) groups is 1. The number of nitrogens with zero attached hydrogens (tertiary/aromatic N) is 2. The third-order valence-electron chi connectivity index (χ3n) is 4.50. The van der Waals surface area contributed by atoms with E-state index in [4.69, 9.17) is 0 Å². The number of carboxylic acid groups (broad SMARTS) is 1. The van der Waals surface area contributed by atoms with Crippen LogP contribution in [-0.4, -0.2) is 64.6 Å². The normalized spacial score (nSPS) is 23.7. The lowest BCUT2D eigenvalue weighted by molar-refractivity contribution is -0.144. The van der Waals surface area contributed by atoms with Gasteiger partial charge in [0.25, 0.3) is 0 Å². The number of amides is 2. The molecule has 0 aromatic carbocycles. The largest absolute Gasteiger partial charge is 0.480 e. The highest BCUT2D eigenvalue weighted by atomic mass is 32.2. The highest BCUT2D eigenvalue weighted by molar-refractivity contribution is 7.98. The quantitative estimate of drug-likeness (QED) is 0.818. The zero-order valence-electron chi connectivity index (χ0n) is 13.5. The molecule has 3 atom stereocenters. The number of carboxylic acids is 1. The molecule has 1 fully saturated rings. The Balaban J connectivity index is 2.80. The zero-order valence-corrected chi connectivity index (χ0v) is 14.4. The van der Waals surface area contributed by atoms with Crippen LogP contribution in [0.1, 0.15) is 39.5 Å². The average molecular weight is 316 g/mol. The summed E-state index contributed by atoms with van der Waals surface area (Å²) in [6.45, 7) is 4.69. The van der Waals surface area contributed by atoms with Gasteiger partial charge in [-0.1, -0.05) is 20.3 Å². The molecule has 5 nitrogen and oxygen atoms in total. The molecule has 0 radical (unpaired) electrons. The second kappa shape index (κ2) is 8.51. The monoisotopic (exact) mass is 316 g/mol. The number of rotatable bonds is 6. The minimum Gasteiger partial charge on any atom is -0.480 e. The highest BCUT2D eigenvalue weighted by Gasteiger charge is 2.37. The van der Waals surface area contributed by atoms with Gasteiger partial charge >= 0.3 is 12.0 Å². The van der Waals surface area contributed by atoms with Gasteiger partial charge in [0.05, 0.1) is 0 Å². The van der Waals surface area contributed by atoms with E-state index < -0.39 is 12.0 Å². The molecule has 1 saturated heterocycles. The Kier molecular flexibility index (Phi) is 7.35. The molecule has 1 rings (SSSR count). The maximum atomic E-state index is 12.7. The van der Waals surface area contributed by atoms with Crippen LogP contribution in [0.5, 0.6) is 0 Å². The molecule has 21 heavy (non-hydrogen) atoms. The zero-order chi connectivity index (χ0) is 16.0. The Morgan fingerprint density at radius 1 is 1.43 bits per heavy atom. The van der Waals surface area contributed by atoms with Gasteiger partial charge in [0.2, 0.25) is 0 Å². The molecular formula is C15H28N2O3S. The summed E-state index contributed by atoms with van der Waals surface area (Å²) in [6.07, 6.45) is 5.36. The molecule has 0 spiro atoms. The van der Waals surface area contributed by atoms with E-state index >= 15 is 0 Å². The molecule has 0 saturated carbocycles. The SMILES string of the molecule is CCC1CCN(C(=O)N(C)C(CC)CSC)C(C(=O)O)C1. The molecule has 1 heterocycles. The van der Waals surface area contributed by atoms with Gasteiger partial charge in [0.1, 0.15) is 6.04 Å². The number of carbonyl (C=O) groups excluding carboxylic acids is 1. The predicted molar refractivity (Wildman–Crippen MR) is 86.8 cm³/mol. The molecule has 0 aromatic heterocycles. The molecule has 2 amide bonds. The van der Waals surface area contributed by atoms with E-state index in [0.29, 0.717) is 18.9 Å². The Bertz CT molecular complexity index is 365. The summed E-state index contributed by atoms with van der Waals surface area (Å²) in [5.41, 5.74) is 0. The van der Waals surface area contributed by atoms with E-state index in [2.05, 4.69) is 13.8 Å². The van der Waals surface area contributed by atoms with Crippen LogP contribution in [0, 0.1) is 5.92 Å². The lowest BCUT2D eigenvalue weighted by Gasteiger charge is -2.40. The van der Waals surface area contributed by atoms with E-state index in [1.807, 2.05) is 6.26 Å². The van der Waals surface area contributed by atoms with Gasteiger partial charge in [-0.05, 0) is 31.4 Å². The minimum atomic E-state index is -0.882. The maximum Gasteiger partial charge on any atom is 0.326 e. The van der Waals surface area contributed by atoms with Crippen LogP contribution >= 0.6 is 11.8 Å². The number of hydrogen-bond donors (Lipinski definition) is 1. The van der Waals surface area contributed by atoms with Crippen LogP contribution in [0.15, 0.2) is 0 Å². The van der Waals surface area contributed by atoms with E-state index in [0.717, 1.165) is 25.0 Å². The first kappa shape index (κ1) is 18.1. The van der Waals surface area contributed by atoms with Gasteiger partial charge in [-0.2, -0.15) is 11.8 Å². The third kappa shape index (κ3) is 4.53. The Hall–Kier alpha value is -0.910. The molecular weight excluding hydrogens is 288 g/mol. The highest BCUT2D eigenvalue weighted by Crippen LogP contribution is 2.27. The van der Waals surface area contributed by atoms with Crippen molar-refractivity contribution >= 4 is 23.8 Å². The first-order valence-electron chi connectivity index (χ1n) is 7.71. The Morgan fingerprint density at radius 2 is 2.10 bits per heavy atom. The van der Waals surface area contributed by atoms with Crippen molar-refractivity contribution in [3.63, 3.8) is 0 Å². The standard InChI is InChI=1S/C15H28N2O3S/c1-5-11-7-8-17(13(9-11)14(18)19)15(20)16(3)12(6-2)10-21-4/h11-13H,5-10H2,1-4H3,(H,18,19). The summed E-state index contributed by atoms with van der Waals surface area (Å²) in [4.78, 5) is 27.4. The fraction of sp³-hybridized carbons (Fsp3) is 0.867. The number of urea groups is 1. The summed E-state index contributed by atoms with van der Waals surface area (Å²) < 4.78 is 0. The van der Waals surface area contributed by atoms with Crippen molar-refractivity contribution in [3.8, 4) is 0 Å². The van der Waals surface area contributed by atoms with Crippen molar-refractivity contribution in [2.45, 2.75) is 51.6 Å². The van der Waals surface area contributed by atoms with Crippen molar-refractivity contribution in [2.75, 3.05) is 25.6 Å². The first-order chi connectivity index (χ1) is 9.96. The molecule has 0 bridgehead atoms. The van der Waals surface area contributed by atoms with Gasteiger partial charge in [0, 0.05) is 25.4 Å². The van der Waals surface area contributed by atoms with Gasteiger partial charge in [-0.15, -0.1) is 0 Å². The summed E-state index contributed by atoms with van der Waals surface area (Å²) >= 11 is 1.71. The Morgan fingerprint density at radius 3 is 2.57 bits per heavy atom. The molecule has 1 aliphatic heterocycles. The predicted octanol–water partition coefficient (Wildman–Crippen LogP) is 2.76. The van der Waals surface area contributed by atoms with Crippen LogP contribution in [0.3, 0.4) is 0 Å². The minimum absolute atomic E-state index is 0.141. The molecule has 0 aliphatic carbocycles. The number of aliphatic carboxylic acids is 1. The van der Waals surface area contributed by atoms with Crippen LogP contribution in [0.4, 0.5) is 4.79 Å². The first-order valence-corrected chi connectivity index (χ1v) is 9.10. The van der Waals surface area contributed by atoms with Crippen molar-refractivity contribution in [1.29, 1.82) is 0 Å². The van der Waals surface area contributed by atoms with Crippen LogP contribution in [-0.2, 0) is 4.79 Å². The smallest absolute Gasteiger partial charge is 0.326 e. The molecule has 1 aliphatic rings. The van der Waals surface area contributed by atoms with E-state index in [9.17, 15) is 14.7 Å². The summed E-state index contributed by atoms with van der Waals surface area (Å²) in [5.74, 6) is 0.406. The van der Waals surface area contributed by atoms with Crippen molar-refractivity contribution < 1.29 is 14.7 Å². The van der Waals surface area contributed by atoms with Gasteiger partial charge in [-0.25, -0.2) is 9.59 Å². The van der Waals surface area contributed by atoms with Crippen molar-refractivity contribution in [1.82, 2.24) is 9.80 Å². The summed E-state index contributed by atoms with van der Waals surface area (Å²) in [6, 6.07) is -0.658. The van der Waals surface area contributed by atoms with Gasteiger partial charge in [0.15, 0.2) is 0 Å². The average Bonchev–Trinajstić information content (AvgIpc) is 2.50. The lowest BCUT2D eigenvalue weighted by atomic mass is 9.89. The van der Waals surface area contributed by atoms with Crippen LogP contribution < -0.4 is 0 Å². The van der Waals surface area contributed by atoms with Crippen molar-refractivity contribution in [3.05, 3.63) is 0 Å². The number of hydrogen-bond acceptors (Lipinski definition) is 3. The lowest BCUT2D eigenvalue weighted by Crippen LogP contribution is -2.55. The Labute approximate surface area is 132 Å². The number of piperidine rings is 1. The molecule has 6 heteroatoms. The second-order valence-corrected chi connectivity index (χ2v) is 6.67. The fourth-order valence-corrected chi connectivity index (χ4v) is 3.77. The fourth-order valence-electron chi connectivity index (χ4n) is 2.93. The molecule has 1 N–H and O–H groups in total. The maximum absolute atomic E-state index is 12.7.